The molecule has 0 aliphatic carbocycles. The Morgan fingerprint density at radius 3 is 1.21 bits per heavy atom. The van der Waals surface area contributed by atoms with Crippen LogP contribution in [-0.4, -0.2) is 37.9 Å². The van der Waals surface area contributed by atoms with Crippen molar-refractivity contribution in [3.63, 3.8) is 0 Å². The molecule has 47 heavy (non-hydrogen) atoms. The van der Waals surface area contributed by atoms with Crippen LogP contribution in [0.3, 0.4) is 0 Å². The molecule has 0 aromatic rings. The summed E-state index contributed by atoms with van der Waals surface area (Å²) in [5.41, 5.74) is 0. The maximum Gasteiger partial charge on any atom is 1.00 e. The van der Waals surface area contributed by atoms with Gasteiger partial charge in [0.15, 0.2) is 6.10 Å². The van der Waals surface area contributed by atoms with Gasteiger partial charge in [-0.15, -0.1) is 0 Å². The molecule has 2 unspecified atom stereocenters. The molecule has 0 saturated heterocycles. The summed E-state index contributed by atoms with van der Waals surface area (Å²) in [6.07, 6.45) is 31.3. The summed E-state index contributed by atoms with van der Waals surface area (Å²) < 4.78 is 32.1. The molecule has 274 valence electrons. The Kier molecular flexibility index (Phi) is 39.0. The standard InChI is InChI=1S/C37H73O8P.Na/c1-4-7-9-11-13-15-17-19-21-23-25-27-29-31-36(38)42-33-35(34-44-46(40,41)43-6-3)45-37(39)32-30-28-26-24-22-20-18-16-14-12-10-8-5-2;/h35H,4-34H2,1-3H3,(H,40,41);/q;+1/p-1. The van der Waals surface area contributed by atoms with Gasteiger partial charge in [-0.05, 0) is 19.8 Å². The summed E-state index contributed by atoms with van der Waals surface area (Å²) in [7, 11) is -4.51. The number of unbranched alkanes of at least 4 members (excludes halogenated alkanes) is 24. The number of carbonyl (C=O) groups excluding carboxylic acids is 2. The molecule has 8 nitrogen and oxygen atoms in total. The van der Waals surface area contributed by atoms with Gasteiger partial charge in [0.2, 0.25) is 0 Å². The van der Waals surface area contributed by atoms with Gasteiger partial charge in [-0.1, -0.05) is 168 Å². The summed E-state index contributed by atoms with van der Waals surface area (Å²) in [4.78, 5) is 36.6. The van der Waals surface area contributed by atoms with E-state index in [2.05, 4.69) is 18.4 Å². The molecule has 0 N–H and O–H groups in total. The van der Waals surface area contributed by atoms with E-state index < -0.39 is 26.5 Å². The van der Waals surface area contributed by atoms with E-state index in [4.69, 9.17) is 14.0 Å². The van der Waals surface area contributed by atoms with Crippen molar-refractivity contribution in [3.8, 4) is 0 Å². The average molecular weight is 699 g/mol. The zero-order valence-electron chi connectivity index (χ0n) is 31.2. The predicted molar refractivity (Wildman–Crippen MR) is 187 cm³/mol. The van der Waals surface area contributed by atoms with Gasteiger partial charge in [-0.25, -0.2) is 0 Å². The van der Waals surface area contributed by atoms with Crippen LogP contribution in [0.4, 0.5) is 0 Å². The molecule has 10 heteroatoms. The largest absolute Gasteiger partial charge is 1.00 e. The second-order valence-corrected chi connectivity index (χ2v) is 14.4. The summed E-state index contributed by atoms with van der Waals surface area (Å²) in [6, 6.07) is 0. The van der Waals surface area contributed by atoms with Gasteiger partial charge in [0, 0.05) is 12.8 Å². The van der Waals surface area contributed by atoms with Crippen LogP contribution in [0.15, 0.2) is 0 Å². The van der Waals surface area contributed by atoms with Crippen LogP contribution in [-0.2, 0) is 32.7 Å². The molecule has 0 fully saturated rings. The quantitative estimate of drug-likeness (QED) is 0.0281. The van der Waals surface area contributed by atoms with Crippen molar-refractivity contribution in [3.05, 3.63) is 0 Å². The number of phosphoric ester groups is 1. The molecule has 0 spiro atoms. The molecular formula is C37H72NaO8P. The van der Waals surface area contributed by atoms with Crippen LogP contribution in [0.2, 0.25) is 0 Å². The van der Waals surface area contributed by atoms with E-state index in [1.165, 1.54) is 128 Å². The van der Waals surface area contributed by atoms with Crippen LogP contribution < -0.4 is 34.5 Å². The minimum atomic E-state index is -4.51. The minimum absolute atomic E-state index is 0. The molecule has 2 atom stereocenters. The smallest absolute Gasteiger partial charge is 0.756 e. The van der Waals surface area contributed by atoms with Gasteiger partial charge in [0.1, 0.15) is 6.61 Å². The topological polar surface area (TPSA) is 111 Å². The predicted octanol–water partition coefficient (Wildman–Crippen LogP) is 7.93. The Labute approximate surface area is 311 Å². The number of esters is 2. The van der Waals surface area contributed by atoms with Crippen molar-refractivity contribution < 1.29 is 67.1 Å². The third-order valence-electron chi connectivity index (χ3n) is 8.40. The van der Waals surface area contributed by atoms with E-state index in [0.29, 0.717) is 6.42 Å². The fourth-order valence-corrected chi connectivity index (χ4v) is 6.30. The maximum atomic E-state index is 12.5. The second kappa shape index (κ2) is 37.3. The first-order valence-corrected chi connectivity index (χ1v) is 20.8. The molecule has 0 aliphatic heterocycles. The van der Waals surface area contributed by atoms with Crippen LogP contribution >= 0.6 is 7.82 Å². The van der Waals surface area contributed by atoms with Crippen LogP contribution in [0.1, 0.15) is 201 Å². The second-order valence-electron chi connectivity index (χ2n) is 12.9. The molecule has 0 aromatic carbocycles. The molecule has 0 aliphatic rings. The first kappa shape index (κ1) is 49.2. The Bertz CT molecular complexity index is 739. The van der Waals surface area contributed by atoms with Crippen molar-refractivity contribution in [2.75, 3.05) is 19.8 Å². The monoisotopic (exact) mass is 698 g/mol. The third-order valence-corrected chi connectivity index (χ3v) is 9.44. The molecule has 0 radical (unpaired) electrons. The van der Waals surface area contributed by atoms with Gasteiger partial charge in [-0.3, -0.25) is 14.2 Å². The van der Waals surface area contributed by atoms with Crippen molar-refractivity contribution >= 4 is 19.8 Å². The number of carbonyl (C=O) groups is 2. The molecule has 0 bridgehead atoms. The molecule has 0 heterocycles. The SMILES string of the molecule is CCCCCCCCCCCCCCCC(=O)OCC(COP(=O)([O-])OCC)OC(=O)CCCCCCCCCCCCCCC.[Na+]. The van der Waals surface area contributed by atoms with Crippen molar-refractivity contribution in [2.24, 2.45) is 0 Å². The Morgan fingerprint density at radius 2 is 0.851 bits per heavy atom. The fourth-order valence-electron chi connectivity index (χ4n) is 5.56. The molecular weight excluding hydrogens is 626 g/mol. The van der Waals surface area contributed by atoms with E-state index in [1.54, 1.807) is 6.92 Å². The molecule has 0 amide bonds. The normalized spacial score (nSPS) is 13.1. The molecule has 0 rings (SSSR count). The van der Waals surface area contributed by atoms with E-state index in [1.807, 2.05) is 0 Å². The van der Waals surface area contributed by atoms with E-state index in [-0.39, 0.29) is 61.6 Å². The Morgan fingerprint density at radius 1 is 0.511 bits per heavy atom. The number of rotatable bonds is 36. The number of hydrogen-bond acceptors (Lipinski definition) is 8. The molecule has 0 aromatic heterocycles. The maximum absolute atomic E-state index is 12.5. The van der Waals surface area contributed by atoms with Crippen LogP contribution in [0.5, 0.6) is 0 Å². The van der Waals surface area contributed by atoms with Crippen LogP contribution in [0, 0.1) is 0 Å². The van der Waals surface area contributed by atoms with E-state index >= 15 is 0 Å². The summed E-state index contributed by atoms with van der Waals surface area (Å²) in [5.74, 6) is -0.822. The van der Waals surface area contributed by atoms with Crippen LogP contribution in [0.25, 0.3) is 0 Å². The minimum Gasteiger partial charge on any atom is -0.756 e. The number of phosphoric acid groups is 1. The summed E-state index contributed by atoms with van der Waals surface area (Å²) >= 11 is 0. The van der Waals surface area contributed by atoms with E-state index in [0.717, 1.165) is 32.1 Å². The first-order valence-electron chi connectivity index (χ1n) is 19.3. The zero-order chi connectivity index (χ0) is 34.0. The van der Waals surface area contributed by atoms with Gasteiger partial charge in [-0.2, -0.15) is 0 Å². The Balaban J connectivity index is 0. The van der Waals surface area contributed by atoms with Gasteiger partial charge in [0.25, 0.3) is 7.82 Å². The summed E-state index contributed by atoms with van der Waals surface area (Å²) in [6.45, 7) is 5.29. The van der Waals surface area contributed by atoms with E-state index in [9.17, 15) is 19.0 Å². The number of ether oxygens (including phenoxy) is 2. The zero-order valence-corrected chi connectivity index (χ0v) is 34.1. The number of hydrogen-bond donors (Lipinski definition) is 0. The fraction of sp³-hybridized carbons (Fsp3) is 0.946. The first-order chi connectivity index (χ1) is 22.3. The van der Waals surface area contributed by atoms with Crippen molar-refractivity contribution in [2.45, 2.75) is 207 Å². The van der Waals surface area contributed by atoms with Gasteiger partial charge < -0.3 is 23.4 Å². The third kappa shape index (κ3) is 37.1. The average Bonchev–Trinajstić information content (AvgIpc) is 3.03. The van der Waals surface area contributed by atoms with Crippen molar-refractivity contribution in [1.82, 2.24) is 0 Å². The van der Waals surface area contributed by atoms with Gasteiger partial charge in [0.05, 0.1) is 13.2 Å². The summed E-state index contributed by atoms with van der Waals surface area (Å²) in [5, 5.41) is 0. The molecule has 0 saturated carbocycles. The Hall–Kier alpha value is 0.0500. The van der Waals surface area contributed by atoms with Crippen molar-refractivity contribution in [1.29, 1.82) is 0 Å². The van der Waals surface area contributed by atoms with Gasteiger partial charge >= 0.3 is 41.5 Å².